The Hall–Kier alpha value is -3.65. The van der Waals surface area contributed by atoms with E-state index in [1.165, 1.54) is 4.90 Å². The van der Waals surface area contributed by atoms with Crippen LogP contribution < -0.4 is 9.62 Å². The molecule has 2 amide bonds. The minimum Gasteiger partial charge on any atom is -0.354 e. The van der Waals surface area contributed by atoms with Gasteiger partial charge in [-0.05, 0) is 48.6 Å². The van der Waals surface area contributed by atoms with Gasteiger partial charge in [-0.2, -0.15) is 0 Å². The van der Waals surface area contributed by atoms with E-state index in [0.29, 0.717) is 18.7 Å². The number of benzene rings is 3. The van der Waals surface area contributed by atoms with Gasteiger partial charge < -0.3 is 10.2 Å². The molecule has 0 fully saturated rings. The molecule has 0 aliphatic heterocycles. The number of sulfonamides is 1. The van der Waals surface area contributed by atoms with E-state index < -0.39 is 28.5 Å². The molecule has 0 unspecified atom stereocenters. The summed E-state index contributed by atoms with van der Waals surface area (Å²) in [6.45, 7) is 8.06. The Labute approximate surface area is 232 Å². The lowest BCUT2D eigenvalue weighted by atomic mass is 10.0. The van der Waals surface area contributed by atoms with E-state index >= 15 is 0 Å². The van der Waals surface area contributed by atoms with E-state index in [1.807, 2.05) is 88.4 Å². The number of nitrogens with zero attached hydrogens (tertiary/aromatic N) is 2. The van der Waals surface area contributed by atoms with Crippen LogP contribution in [0.5, 0.6) is 0 Å². The first kappa shape index (κ1) is 29.9. The van der Waals surface area contributed by atoms with E-state index in [4.69, 9.17) is 0 Å². The molecule has 8 heteroatoms. The first-order valence-electron chi connectivity index (χ1n) is 13.1. The Bertz CT molecular complexity index is 1370. The fourth-order valence-electron chi connectivity index (χ4n) is 4.38. The third-order valence-corrected chi connectivity index (χ3v) is 7.50. The number of hydrogen-bond donors (Lipinski definition) is 1. The number of rotatable bonds is 12. The number of nitrogens with one attached hydrogen (secondary N) is 1. The molecule has 3 aromatic carbocycles. The third-order valence-electron chi connectivity index (χ3n) is 6.36. The van der Waals surface area contributed by atoms with Crippen molar-refractivity contribution < 1.29 is 18.0 Å². The van der Waals surface area contributed by atoms with Gasteiger partial charge in [0.25, 0.3) is 0 Å². The molecule has 0 saturated carbocycles. The molecule has 0 saturated heterocycles. The summed E-state index contributed by atoms with van der Waals surface area (Å²) in [4.78, 5) is 29.2. The van der Waals surface area contributed by atoms with Crippen LogP contribution in [-0.2, 0) is 32.6 Å². The highest BCUT2D eigenvalue weighted by atomic mass is 32.2. The summed E-state index contributed by atoms with van der Waals surface area (Å²) in [7, 11) is -3.78. The van der Waals surface area contributed by atoms with E-state index in [2.05, 4.69) is 5.32 Å². The minimum atomic E-state index is -3.78. The highest BCUT2D eigenvalue weighted by molar-refractivity contribution is 7.92. The smallest absolute Gasteiger partial charge is 0.244 e. The van der Waals surface area contributed by atoms with Gasteiger partial charge in [-0.15, -0.1) is 0 Å². The molecule has 39 heavy (non-hydrogen) atoms. The first-order valence-corrected chi connectivity index (χ1v) is 15.0. The average molecular weight is 550 g/mol. The average Bonchev–Trinajstić information content (AvgIpc) is 2.87. The van der Waals surface area contributed by atoms with Crippen molar-refractivity contribution in [3.05, 3.63) is 101 Å². The minimum absolute atomic E-state index is 0.165. The van der Waals surface area contributed by atoms with Gasteiger partial charge in [-0.3, -0.25) is 13.9 Å². The number of anilines is 1. The van der Waals surface area contributed by atoms with Gasteiger partial charge in [0.15, 0.2) is 0 Å². The molecule has 0 aliphatic carbocycles. The topological polar surface area (TPSA) is 86.8 Å². The zero-order chi connectivity index (χ0) is 28.6. The van der Waals surface area contributed by atoms with E-state index in [0.717, 1.165) is 32.8 Å². The van der Waals surface area contributed by atoms with E-state index in [9.17, 15) is 18.0 Å². The van der Waals surface area contributed by atoms with Crippen LogP contribution in [0.15, 0.2) is 78.9 Å². The third kappa shape index (κ3) is 8.96. The normalized spacial score (nSPS) is 12.2. The molecule has 0 bridgehead atoms. The second-order valence-electron chi connectivity index (χ2n) is 10.5. The molecule has 0 aromatic heterocycles. The zero-order valence-electron chi connectivity index (χ0n) is 23.4. The SMILES string of the molecule is Cc1cccc(CN(C(=O)CN(c2cccc(C)c2)S(C)(=O)=O)[C@@H](Cc2ccccc2)C(=O)NCC(C)C)c1. The molecule has 1 atom stereocenters. The fraction of sp³-hybridized carbons (Fsp3) is 0.355. The second kappa shape index (κ2) is 13.4. The molecule has 0 spiro atoms. The highest BCUT2D eigenvalue weighted by Gasteiger charge is 2.33. The van der Waals surface area contributed by atoms with Crippen LogP contribution in [0, 0.1) is 19.8 Å². The van der Waals surface area contributed by atoms with Gasteiger partial charge in [0.1, 0.15) is 12.6 Å². The number of hydrogen-bond acceptors (Lipinski definition) is 4. The van der Waals surface area contributed by atoms with Crippen molar-refractivity contribution in [1.82, 2.24) is 10.2 Å². The maximum atomic E-state index is 14.1. The van der Waals surface area contributed by atoms with Crippen molar-refractivity contribution in [3.8, 4) is 0 Å². The molecule has 7 nitrogen and oxygen atoms in total. The van der Waals surface area contributed by atoms with Gasteiger partial charge in [0, 0.05) is 19.5 Å². The Balaban J connectivity index is 2.05. The molecular formula is C31H39N3O4S. The highest BCUT2D eigenvalue weighted by Crippen LogP contribution is 2.21. The summed E-state index contributed by atoms with van der Waals surface area (Å²) in [6, 6.07) is 23.5. The van der Waals surface area contributed by atoms with Crippen LogP contribution in [0.25, 0.3) is 0 Å². The Morgan fingerprint density at radius 1 is 0.846 bits per heavy atom. The van der Waals surface area contributed by atoms with Gasteiger partial charge in [-0.1, -0.05) is 86.1 Å². The molecule has 0 radical (unpaired) electrons. The van der Waals surface area contributed by atoms with Gasteiger partial charge in [-0.25, -0.2) is 8.42 Å². The maximum absolute atomic E-state index is 14.1. The van der Waals surface area contributed by atoms with Crippen molar-refractivity contribution in [1.29, 1.82) is 0 Å². The lowest BCUT2D eigenvalue weighted by Crippen LogP contribution is -2.53. The van der Waals surface area contributed by atoms with Crippen molar-refractivity contribution in [2.45, 2.75) is 46.7 Å². The van der Waals surface area contributed by atoms with Crippen LogP contribution in [0.3, 0.4) is 0 Å². The molecule has 3 aromatic rings. The summed E-state index contributed by atoms with van der Waals surface area (Å²) < 4.78 is 26.8. The van der Waals surface area contributed by atoms with Crippen molar-refractivity contribution in [3.63, 3.8) is 0 Å². The monoisotopic (exact) mass is 549 g/mol. The van der Waals surface area contributed by atoms with Gasteiger partial charge in [0.05, 0.1) is 11.9 Å². The maximum Gasteiger partial charge on any atom is 0.244 e. The van der Waals surface area contributed by atoms with E-state index in [-0.39, 0.29) is 18.4 Å². The number of aryl methyl sites for hydroxylation is 2. The Morgan fingerprint density at radius 3 is 2.05 bits per heavy atom. The number of carbonyl (C=O) groups excluding carboxylic acids is 2. The van der Waals surface area contributed by atoms with Crippen LogP contribution in [0.4, 0.5) is 5.69 Å². The summed E-state index contributed by atoms with van der Waals surface area (Å²) in [5.41, 5.74) is 4.08. The quantitative estimate of drug-likeness (QED) is 0.361. The Morgan fingerprint density at radius 2 is 1.46 bits per heavy atom. The van der Waals surface area contributed by atoms with Gasteiger partial charge >= 0.3 is 0 Å². The molecule has 0 aliphatic rings. The predicted octanol–water partition coefficient (Wildman–Crippen LogP) is 4.48. The van der Waals surface area contributed by atoms with Crippen LogP contribution in [0.2, 0.25) is 0 Å². The van der Waals surface area contributed by atoms with Crippen LogP contribution in [0.1, 0.15) is 36.1 Å². The predicted molar refractivity (Wildman–Crippen MR) is 157 cm³/mol. The fourth-order valence-corrected chi connectivity index (χ4v) is 5.22. The molecular weight excluding hydrogens is 510 g/mol. The first-order chi connectivity index (χ1) is 18.4. The van der Waals surface area contributed by atoms with Crippen molar-refractivity contribution in [2.24, 2.45) is 5.92 Å². The standard InChI is InChI=1S/C31H39N3O4S/c1-23(2)20-32-31(36)29(19-26-13-7-6-8-14-26)33(21-27-15-9-11-24(3)17-27)30(35)22-34(39(5,37)38)28-16-10-12-25(4)18-28/h6-18,23,29H,19-22H2,1-5H3,(H,32,36)/t29-/m0/s1. The lowest BCUT2D eigenvalue weighted by Gasteiger charge is -2.33. The van der Waals surface area contributed by atoms with Crippen LogP contribution >= 0.6 is 0 Å². The molecule has 0 heterocycles. The summed E-state index contributed by atoms with van der Waals surface area (Å²) in [5, 5.41) is 2.99. The molecule has 208 valence electrons. The lowest BCUT2D eigenvalue weighted by molar-refractivity contribution is -0.140. The summed E-state index contributed by atoms with van der Waals surface area (Å²) in [6.07, 6.45) is 1.38. The number of amides is 2. The van der Waals surface area contributed by atoms with Gasteiger partial charge in [0.2, 0.25) is 21.8 Å². The molecule has 3 rings (SSSR count). The second-order valence-corrected chi connectivity index (χ2v) is 12.4. The van der Waals surface area contributed by atoms with Crippen molar-refractivity contribution >= 4 is 27.5 Å². The summed E-state index contributed by atoms with van der Waals surface area (Å²) in [5.74, 6) is -0.492. The zero-order valence-corrected chi connectivity index (χ0v) is 24.2. The largest absolute Gasteiger partial charge is 0.354 e. The summed E-state index contributed by atoms with van der Waals surface area (Å²) >= 11 is 0. The van der Waals surface area contributed by atoms with Crippen LogP contribution in [-0.4, -0.2) is 50.5 Å². The number of carbonyl (C=O) groups is 2. The molecule has 1 N–H and O–H groups in total. The van der Waals surface area contributed by atoms with Crippen molar-refractivity contribution in [2.75, 3.05) is 23.7 Å². The Kier molecular flexibility index (Phi) is 10.3. The van der Waals surface area contributed by atoms with E-state index in [1.54, 1.807) is 18.2 Å².